The second-order valence-electron chi connectivity index (χ2n) is 7.00. The Bertz CT molecular complexity index is 986. The van der Waals surface area contributed by atoms with Gasteiger partial charge in [0.25, 0.3) is 0 Å². The van der Waals surface area contributed by atoms with E-state index in [2.05, 4.69) is 4.74 Å². The molecule has 2 rings (SSSR count). The molecule has 0 amide bonds. The summed E-state index contributed by atoms with van der Waals surface area (Å²) in [6.07, 6.45) is -19.0. The van der Waals surface area contributed by atoms with Gasteiger partial charge in [0.05, 0.1) is 0 Å². The largest absolute Gasteiger partial charge is 0.573 e. The lowest BCUT2D eigenvalue weighted by Gasteiger charge is -2.38. The van der Waals surface area contributed by atoms with Crippen molar-refractivity contribution in [2.24, 2.45) is 0 Å². The van der Waals surface area contributed by atoms with Gasteiger partial charge in [-0.25, -0.2) is 4.39 Å². The van der Waals surface area contributed by atoms with Crippen molar-refractivity contribution < 1.29 is 57.4 Å². The van der Waals surface area contributed by atoms with Crippen LogP contribution in [0.4, 0.5) is 52.7 Å². The molecule has 1 unspecified atom stereocenters. The maximum Gasteiger partial charge on any atom is 0.573 e. The Kier molecular flexibility index (Phi) is 6.72. The molecule has 1 atom stereocenters. The van der Waals surface area contributed by atoms with E-state index in [1.807, 2.05) is 0 Å². The van der Waals surface area contributed by atoms with Crippen LogP contribution in [0, 0.1) is 6.92 Å². The molecule has 0 saturated heterocycles. The number of aryl methyl sites for hydroxylation is 2. The molecule has 0 saturated carbocycles. The maximum atomic E-state index is 15.3. The predicted molar refractivity (Wildman–Crippen MR) is 92.5 cm³/mol. The van der Waals surface area contributed by atoms with Crippen LogP contribution in [-0.2, 0) is 12.1 Å². The Hall–Kier alpha value is -2.60. The van der Waals surface area contributed by atoms with Crippen molar-refractivity contribution in [3.63, 3.8) is 0 Å². The first kappa shape index (κ1) is 26.7. The topological polar surface area (TPSA) is 9.23 Å². The first-order valence-electron chi connectivity index (χ1n) is 8.96. The van der Waals surface area contributed by atoms with Crippen LogP contribution in [0.1, 0.15) is 23.6 Å². The highest BCUT2D eigenvalue weighted by molar-refractivity contribution is 5.74. The van der Waals surface area contributed by atoms with Crippen LogP contribution in [0.3, 0.4) is 0 Å². The van der Waals surface area contributed by atoms with Gasteiger partial charge in [-0.15, -0.1) is 13.2 Å². The first-order chi connectivity index (χ1) is 14.8. The molecule has 13 heteroatoms. The zero-order valence-electron chi connectivity index (χ0n) is 16.6. The van der Waals surface area contributed by atoms with E-state index in [1.165, 1.54) is 6.92 Å². The predicted octanol–water partition coefficient (Wildman–Crippen LogP) is 8.05. The zero-order chi connectivity index (χ0) is 25.6. The van der Waals surface area contributed by atoms with Gasteiger partial charge in [0, 0.05) is 5.56 Å². The van der Waals surface area contributed by atoms with Gasteiger partial charge in [-0.05, 0) is 42.2 Å². The molecule has 0 N–H and O–H groups in total. The fourth-order valence-electron chi connectivity index (χ4n) is 3.27. The van der Waals surface area contributed by atoms with Crippen molar-refractivity contribution in [1.82, 2.24) is 0 Å². The summed E-state index contributed by atoms with van der Waals surface area (Å²) in [6.45, 7) is 2.38. The number of benzene rings is 2. The second-order valence-corrected chi connectivity index (χ2v) is 7.00. The van der Waals surface area contributed by atoms with Gasteiger partial charge in [0.15, 0.2) is 0 Å². The molecule has 0 aliphatic carbocycles. The van der Waals surface area contributed by atoms with E-state index >= 15 is 4.39 Å². The standard InChI is InChI=1S/C20H14F12O/c1-3-11-8-10(2)9-14(16(21,18(24,25)26)17(22,23)19(27,28)29)15(11)12-4-6-13(7-5-12)33-20(30,31)32/h4-9H,3H2,1-2H3. The molecule has 0 aliphatic heterocycles. The summed E-state index contributed by atoms with van der Waals surface area (Å²) in [5, 5.41) is 0. The van der Waals surface area contributed by atoms with Gasteiger partial charge in [0.1, 0.15) is 5.75 Å². The smallest absolute Gasteiger partial charge is 0.406 e. The van der Waals surface area contributed by atoms with Crippen molar-refractivity contribution in [2.75, 3.05) is 0 Å². The third-order valence-electron chi connectivity index (χ3n) is 4.67. The molecule has 0 bridgehead atoms. The number of halogens is 12. The fourth-order valence-corrected chi connectivity index (χ4v) is 3.27. The Labute approximate surface area is 179 Å². The van der Waals surface area contributed by atoms with E-state index in [9.17, 15) is 48.3 Å². The number of alkyl halides is 12. The third-order valence-corrected chi connectivity index (χ3v) is 4.67. The van der Waals surface area contributed by atoms with Crippen LogP contribution in [-0.4, -0.2) is 24.6 Å². The third kappa shape index (κ3) is 4.86. The number of ether oxygens (including phenoxy) is 1. The summed E-state index contributed by atoms with van der Waals surface area (Å²) in [7, 11) is 0. The molecule has 0 aromatic heterocycles. The Morgan fingerprint density at radius 2 is 1.24 bits per heavy atom. The summed E-state index contributed by atoms with van der Waals surface area (Å²) in [5.41, 5.74) is -10.2. The van der Waals surface area contributed by atoms with Gasteiger partial charge >= 0.3 is 30.3 Å². The molecule has 0 spiro atoms. The fraction of sp³-hybridized carbons (Fsp3) is 0.400. The van der Waals surface area contributed by atoms with E-state index in [0.29, 0.717) is 24.3 Å². The minimum atomic E-state index is -6.92. The van der Waals surface area contributed by atoms with E-state index in [4.69, 9.17) is 0 Å². The van der Waals surface area contributed by atoms with Crippen LogP contribution >= 0.6 is 0 Å². The molecule has 0 aliphatic rings. The molecule has 33 heavy (non-hydrogen) atoms. The molecule has 2 aromatic carbocycles. The lowest BCUT2D eigenvalue weighted by atomic mass is 9.79. The van der Waals surface area contributed by atoms with Crippen LogP contribution in [0.15, 0.2) is 36.4 Å². The van der Waals surface area contributed by atoms with Gasteiger partial charge in [-0.2, -0.15) is 35.1 Å². The van der Waals surface area contributed by atoms with Gasteiger partial charge in [-0.3, -0.25) is 0 Å². The van der Waals surface area contributed by atoms with Gasteiger partial charge < -0.3 is 4.74 Å². The van der Waals surface area contributed by atoms with Crippen molar-refractivity contribution in [3.8, 4) is 16.9 Å². The lowest BCUT2D eigenvalue weighted by molar-refractivity contribution is -0.389. The number of hydrogen-bond acceptors (Lipinski definition) is 1. The molecule has 184 valence electrons. The average Bonchev–Trinajstić information content (AvgIpc) is 2.64. The zero-order valence-corrected chi connectivity index (χ0v) is 16.6. The molecule has 1 nitrogen and oxygen atoms in total. The molecule has 0 heterocycles. The van der Waals surface area contributed by atoms with E-state index in [-0.39, 0.29) is 23.6 Å². The summed E-state index contributed by atoms with van der Waals surface area (Å²) >= 11 is 0. The van der Waals surface area contributed by atoms with Crippen molar-refractivity contribution in [3.05, 3.63) is 53.1 Å². The molecular weight excluding hydrogens is 484 g/mol. The van der Waals surface area contributed by atoms with Crippen molar-refractivity contribution in [1.29, 1.82) is 0 Å². The summed E-state index contributed by atoms with van der Waals surface area (Å²) in [6, 6.07) is 3.93. The van der Waals surface area contributed by atoms with E-state index in [0.717, 1.165) is 13.0 Å². The summed E-state index contributed by atoms with van der Waals surface area (Å²) in [4.78, 5) is 0. The van der Waals surface area contributed by atoms with Crippen molar-refractivity contribution >= 4 is 0 Å². The van der Waals surface area contributed by atoms with Gasteiger partial charge in [0.2, 0.25) is 0 Å². The van der Waals surface area contributed by atoms with Crippen LogP contribution in [0.5, 0.6) is 5.75 Å². The van der Waals surface area contributed by atoms with Crippen LogP contribution in [0.25, 0.3) is 11.1 Å². The van der Waals surface area contributed by atoms with Crippen molar-refractivity contribution in [2.45, 2.75) is 50.6 Å². The van der Waals surface area contributed by atoms with Crippen LogP contribution < -0.4 is 4.74 Å². The summed E-state index contributed by atoms with van der Waals surface area (Å²) < 4.78 is 164. The number of rotatable bonds is 5. The second kappa shape index (κ2) is 8.32. The molecule has 0 fully saturated rings. The van der Waals surface area contributed by atoms with E-state index in [1.54, 1.807) is 0 Å². The van der Waals surface area contributed by atoms with Crippen LogP contribution in [0.2, 0.25) is 0 Å². The lowest BCUT2D eigenvalue weighted by Crippen LogP contribution is -2.60. The first-order valence-corrected chi connectivity index (χ1v) is 8.96. The highest BCUT2D eigenvalue weighted by atomic mass is 19.4. The highest BCUT2D eigenvalue weighted by Gasteiger charge is 2.82. The minimum absolute atomic E-state index is 0.210. The SMILES string of the molecule is CCc1cc(C)cc(C(F)(C(F)(F)F)C(F)(F)C(F)(F)F)c1-c1ccc(OC(F)(F)F)cc1. The van der Waals surface area contributed by atoms with E-state index < -0.39 is 52.7 Å². The summed E-state index contributed by atoms with van der Waals surface area (Å²) in [5.74, 6) is -7.74. The highest BCUT2D eigenvalue weighted by Crippen LogP contribution is 2.60. The quantitative estimate of drug-likeness (QED) is 0.379. The Morgan fingerprint density at radius 1 is 0.727 bits per heavy atom. The maximum absolute atomic E-state index is 15.3. The molecular formula is C20H14F12O. The monoisotopic (exact) mass is 498 g/mol. The Morgan fingerprint density at radius 3 is 1.64 bits per heavy atom. The average molecular weight is 498 g/mol. The molecule has 2 aromatic rings. The molecule has 0 radical (unpaired) electrons. The normalized spacial score (nSPS) is 15.3. The Balaban J connectivity index is 2.90. The number of hydrogen-bond donors (Lipinski definition) is 0. The minimum Gasteiger partial charge on any atom is -0.406 e. The van der Waals surface area contributed by atoms with Gasteiger partial charge in [-0.1, -0.05) is 36.8 Å².